The highest BCUT2D eigenvalue weighted by Crippen LogP contribution is 1.91. The lowest BCUT2D eigenvalue weighted by atomic mass is 10.3. The van der Waals surface area contributed by atoms with Crippen molar-refractivity contribution >= 4 is 5.97 Å². The quantitative estimate of drug-likeness (QED) is 0.608. The summed E-state index contributed by atoms with van der Waals surface area (Å²) in [6.07, 6.45) is 0.647. The number of nitrogens with one attached hydrogen (secondary N) is 1. The van der Waals surface area contributed by atoms with Gasteiger partial charge >= 0.3 is 5.97 Å². The van der Waals surface area contributed by atoms with Crippen LogP contribution in [-0.2, 0) is 9.53 Å². The monoisotopic (exact) mass is 175 g/mol. The first kappa shape index (κ1) is 11.4. The van der Waals surface area contributed by atoms with E-state index in [1.165, 1.54) is 0 Å². The molecule has 0 saturated carbocycles. The Hall–Kier alpha value is -0.610. The number of rotatable bonds is 1. The van der Waals surface area contributed by atoms with E-state index >= 15 is 0 Å². The summed E-state index contributed by atoms with van der Waals surface area (Å²) >= 11 is 0. The molecule has 1 aliphatic heterocycles. The SMILES string of the molecule is CC1CNCCO1.CCC(=O)O. The predicted octanol–water partition coefficient (Wildman–Crippen LogP) is 0.476. The van der Waals surface area contributed by atoms with Gasteiger partial charge in [0.2, 0.25) is 0 Å². The predicted molar refractivity (Wildman–Crippen MR) is 46.2 cm³/mol. The highest BCUT2D eigenvalue weighted by atomic mass is 16.5. The Morgan fingerprint density at radius 1 is 1.75 bits per heavy atom. The van der Waals surface area contributed by atoms with Crippen LogP contribution in [0.3, 0.4) is 0 Å². The largest absolute Gasteiger partial charge is 0.481 e. The van der Waals surface area contributed by atoms with Crippen molar-refractivity contribution in [2.24, 2.45) is 0 Å². The molecular formula is C8H17NO3. The molecule has 0 amide bonds. The molecule has 72 valence electrons. The van der Waals surface area contributed by atoms with Crippen molar-refractivity contribution in [3.8, 4) is 0 Å². The number of hydrogen-bond donors (Lipinski definition) is 2. The van der Waals surface area contributed by atoms with E-state index in [1.807, 2.05) is 0 Å². The fraction of sp³-hybridized carbons (Fsp3) is 0.875. The van der Waals surface area contributed by atoms with Gasteiger partial charge in [-0.2, -0.15) is 0 Å². The highest BCUT2D eigenvalue weighted by Gasteiger charge is 2.04. The first-order chi connectivity index (χ1) is 5.66. The molecule has 0 radical (unpaired) electrons. The average molecular weight is 175 g/mol. The minimum absolute atomic E-state index is 0.222. The molecule has 1 aliphatic rings. The zero-order chi connectivity index (χ0) is 9.40. The van der Waals surface area contributed by atoms with Gasteiger partial charge in [0.1, 0.15) is 0 Å². The molecule has 0 bridgehead atoms. The third-order valence-corrected chi connectivity index (χ3v) is 1.42. The molecular weight excluding hydrogens is 158 g/mol. The van der Waals surface area contributed by atoms with E-state index in [2.05, 4.69) is 12.2 Å². The number of carboxylic acid groups (broad SMARTS) is 1. The van der Waals surface area contributed by atoms with Gasteiger partial charge in [0.05, 0.1) is 12.7 Å². The molecule has 0 aromatic rings. The van der Waals surface area contributed by atoms with Gasteiger partial charge in [-0.1, -0.05) is 6.92 Å². The van der Waals surface area contributed by atoms with Gasteiger partial charge in [0, 0.05) is 19.5 Å². The standard InChI is InChI=1S/C5H11NO.C3H6O2/c1-5-4-6-2-3-7-5;1-2-3(4)5/h5-6H,2-4H2,1H3;2H2,1H3,(H,4,5). The molecule has 0 aromatic heterocycles. The number of hydrogen-bond acceptors (Lipinski definition) is 3. The van der Waals surface area contributed by atoms with E-state index in [9.17, 15) is 4.79 Å². The molecule has 1 atom stereocenters. The van der Waals surface area contributed by atoms with Gasteiger partial charge in [0.25, 0.3) is 0 Å². The molecule has 1 rings (SSSR count). The molecule has 4 nitrogen and oxygen atoms in total. The third-order valence-electron chi connectivity index (χ3n) is 1.42. The van der Waals surface area contributed by atoms with Crippen LogP contribution in [0.15, 0.2) is 0 Å². The van der Waals surface area contributed by atoms with Gasteiger partial charge in [-0.15, -0.1) is 0 Å². The van der Waals surface area contributed by atoms with Crippen molar-refractivity contribution in [1.29, 1.82) is 0 Å². The van der Waals surface area contributed by atoms with Gasteiger partial charge in [-0.3, -0.25) is 4.79 Å². The lowest BCUT2D eigenvalue weighted by Gasteiger charge is -2.18. The van der Waals surface area contributed by atoms with Crippen LogP contribution < -0.4 is 5.32 Å². The highest BCUT2D eigenvalue weighted by molar-refractivity contribution is 5.66. The first-order valence-corrected chi connectivity index (χ1v) is 4.21. The number of ether oxygens (including phenoxy) is 1. The Morgan fingerprint density at radius 3 is 2.50 bits per heavy atom. The second-order valence-corrected chi connectivity index (χ2v) is 2.63. The molecule has 0 aliphatic carbocycles. The Bertz CT molecular complexity index is 121. The smallest absolute Gasteiger partial charge is 0.303 e. The van der Waals surface area contributed by atoms with Crippen molar-refractivity contribution < 1.29 is 14.6 Å². The fourth-order valence-corrected chi connectivity index (χ4v) is 0.697. The van der Waals surface area contributed by atoms with E-state index in [0.29, 0.717) is 6.10 Å². The summed E-state index contributed by atoms with van der Waals surface area (Å²) in [5, 5.41) is 10.9. The topological polar surface area (TPSA) is 58.6 Å². The molecule has 12 heavy (non-hydrogen) atoms. The summed E-state index contributed by atoms with van der Waals surface area (Å²) in [5.74, 6) is -0.745. The van der Waals surface area contributed by atoms with Crippen LogP contribution in [0.25, 0.3) is 0 Å². The van der Waals surface area contributed by atoms with Crippen LogP contribution in [0.4, 0.5) is 0 Å². The first-order valence-electron chi connectivity index (χ1n) is 4.21. The van der Waals surface area contributed by atoms with Gasteiger partial charge in [-0.25, -0.2) is 0 Å². The summed E-state index contributed by atoms with van der Waals surface area (Å²) < 4.78 is 5.22. The average Bonchev–Trinajstić information content (AvgIpc) is 2.07. The van der Waals surface area contributed by atoms with Crippen LogP contribution in [0.5, 0.6) is 0 Å². The Balaban J connectivity index is 0.000000217. The molecule has 2 N–H and O–H groups in total. The lowest BCUT2D eigenvalue weighted by Crippen LogP contribution is -2.36. The molecule has 1 fully saturated rings. The molecule has 0 aromatic carbocycles. The molecule has 0 spiro atoms. The number of morpholine rings is 1. The number of carbonyl (C=O) groups is 1. The van der Waals surface area contributed by atoms with E-state index in [4.69, 9.17) is 9.84 Å². The van der Waals surface area contributed by atoms with Crippen LogP contribution in [-0.4, -0.2) is 36.9 Å². The van der Waals surface area contributed by atoms with Crippen LogP contribution >= 0.6 is 0 Å². The third kappa shape index (κ3) is 7.50. The summed E-state index contributed by atoms with van der Waals surface area (Å²) in [7, 11) is 0. The molecule has 1 heterocycles. The van der Waals surface area contributed by atoms with E-state index in [1.54, 1.807) is 6.92 Å². The van der Waals surface area contributed by atoms with E-state index in [-0.39, 0.29) is 6.42 Å². The molecule has 1 unspecified atom stereocenters. The maximum Gasteiger partial charge on any atom is 0.303 e. The van der Waals surface area contributed by atoms with Crippen molar-refractivity contribution in [3.05, 3.63) is 0 Å². The van der Waals surface area contributed by atoms with Crippen molar-refractivity contribution in [1.82, 2.24) is 5.32 Å². The second kappa shape index (κ2) is 7.06. The molecule has 4 heteroatoms. The van der Waals surface area contributed by atoms with E-state index < -0.39 is 5.97 Å². The van der Waals surface area contributed by atoms with Crippen molar-refractivity contribution in [3.63, 3.8) is 0 Å². The number of aliphatic carboxylic acids is 1. The maximum atomic E-state index is 9.37. The summed E-state index contributed by atoms with van der Waals surface area (Å²) in [5.41, 5.74) is 0. The van der Waals surface area contributed by atoms with Crippen LogP contribution in [0.2, 0.25) is 0 Å². The van der Waals surface area contributed by atoms with Crippen LogP contribution in [0, 0.1) is 0 Å². The minimum Gasteiger partial charge on any atom is -0.481 e. The van der Waals surface area contributed by atoms with Crippen molar-refractivity contribution in [2.75, 3.05) is 19.7 Å². The zero-order valence-electron chi connectivity index (χ0n) is 7.67. The van der Waals surface area contributed by atoms with Gasteiger partial charge in [-0.05, 0) is 6.92 Å². The van der Waals surface area contributed by atoms with Gasteiger partial charge < -0.3 is 15.2 Å². The zero-order valence-corrected chi connectivity index (χ0v) is 7.67. The molecule has 1 saturated heterocycles. The normalized spacial score (nSPS) is 22.3. The summed E-state index contributed by atoms with van der Waals surface area (Å²) in [6, 6.07) is 0. The Kier molecular flexibility index (Phi) is 6.70. The minimum atomic E-state index is -0.745. The maximum absolute atomic E-state index is 9.37. The fourth-order valence-electron chi connectivity index (χ4n) is 0.697. The second-order valence-electron chi connectivity index (χ2n) is 2.63. The summed E-state index contributed by atoms with van der Waals surface area (Å²) in [4.78, 5) is 9.37. The Labute approximate surface area is 72.9 Å². The van der Waals surface area contributed by atoms with Crippen molar-refractivity contribution in [2.45, 2.75) is 26.4 Å². The van der Waals surface area contributed by atoms with Gasteiger partial charge in [0.15, 0.2) is 0 Å². The van der Waals surface area contributed by atoms with Crippen LogP contribution in [0.1, 0.15) is 20.3 Å². The van der Waals surface area contributed by atoms with E-state index in [0.717, 1.165) is 19.7 Å². The Morgan fingerprint density at radius 2 is 2.33 bits per heavy atom. The number of carboxylic acids is 1. The summed E-state index contributed by atoms with van der Waals surface area (Å²) in [6.45, 7) is 6.58. The lowest BCUT2D eigenvalue weighted by molar-refractivity contribution is -0.136.